The number of imidazole rings is 1. The largest absolute Gasteiger partial charge is 0.339 e. The molecule has 0 saturated carbocycles. The second-order valence-electron chi connectivity index (χ2n) is 5.81. The van der Waals surface area contributed by atoms with Crippen molar-refractivity contribution in [2.24, 2.45) is 0 Å². The van der Waals surface area contributed by atoms with Crippen molar-refractivity contribution in [1.82, 2.24) is 25.6 Å². The summed E-state index contributed by atoms with van der Waals surface area (Å²) in [5.41, 5.74) is 2.30. The van der Waals surface area contributed by atoms with Crippen molar-refractivity contribution in [2.45, 2.75) is 12.0 Å². The first-order valence-electron chi connectivity index (χ1n) is 8.06. The van der Waals surface area contributed by atoms with Gasteiger partial charge in [0.2, 0.25) is 0 Å². The molecule has 0 saturated heterocycles. The highest BCUT2D eigenvalue weighted by Gasteiger charge is 2.30. The Kier molecular flexibility index (Phi) is 4.29. The Balaban J connectivity index is 1.40. The predicted molar refractivity (Wildman–Crippen MR) is 99.6 cm³/mol. The number of hydrogen-bond acceptors (Lipinski definition) is 6. The topological polar surface area (TPSA) is 85.9 Å². The van der Waals surface area contributed by atoms with Crippen molar-refractivity contribution in [2.75, 3.05) is 18.0 Å². The Morgan fingerprint density at radius 3 is 3.04 bits per heavy atom. The van der Waals surface area contributed by atoms with E-state index in [0.29, 0.717) is 18.1 Å². The van der Waals surface area contributed by atoms with E-state index >= 15 is 0 Å². The molecule has 0 bridgehead atoms. The van der Waals surface area contributed by atoms with Gasteiger partial charge >= 0.3 is 0 Å². The fourth-order valence-corrected chi connectivity index (χ4v) is 3.36. The summed E-state index contributed by atoms with van der Waals surface area (Å²) in [4.78, 5) is 25.3. The molecule has 0 spiro atoms. The fourth-order valence-electron chi connectivity index (χ4n) is 3.02. The van der Waals surface area contributed by atoms with E-state index < -0.39 is 0 Å². The zero-order chi connectivity index (χ0) is 17.2. The quantitative estimate of drug-likeness (QED) is 0.412. The first-order valence-corrected chi connectivity index (χ1v) is 8.58. The second kappa shape index (κ2) is 6.73. The molecule has 0 fully saturated rings. The first kappa shape index (κ1) is 15.9. The standard InChI is InChI=1S/C17H18N6OS/c24-16-14-15(21-10-20-14)23(17(25)22-16)8-7-18-9-11-5-6-19-13-4-2-1-3-12(11)13/h1-6,10,17-18,25H,7-9H2,(H,20,21)(H,22,24). The van der Waals surface area contributed by atoms with Crippen LogP contribution in [0, 0.1) is 0 Å². The maximum absolute atomic E-state index is 11.9. The molecule has 1 aromatic carbocycles. The van der Waals surface area contributed by atoms with Crippen molar-refractivity contribution in [3.05, 3.63) is 54.1 Å². The third-order valence-corrected chi connectivity index (χ3v) is 4.67. The normalized spacial score (nSPS) is 16.8. The lowest BCUT2D eigenvalue weighted by Crippen LogP contribution is -2.51. The summed E-state index contributed by atoms with van der Waals surface area (Å²) in [7, 11) is 0. The monoisotopic (exact) mass is 354 g/mol. The summed E-state index contributed by atoms with van der Waals surface area (Å²) in [6, 6.07) is 10.1. The summed E-state index contributed by atoms with van der Waals surface area (Å²) in [5.74, 6) is 0.458. The number of nitrogens with one attached hydrogen (secondary N) is 3. The van der Waals surface area contributed by atoms with Gasteiger partial charge in [-0.2, -0.15) is 0 Å². The molecule has 3 aromatic rings. The van der Waals surface area contributed by atoms with Crippen molar-refractivity contribution >= 4 is 35.3 Å². The Hall–Kier alpha value is -2.58. The van der Waals surface area contributed by atoms with Crippen LogP contribution in [0.15, 0.2) is 42.9 Å². The molecule has 7 nitrogen and oxygen atoms in total. The molecule has 25 heavy (non-hydrogen) atoms. The molecule has 1 unspecified atom stereocenters. The lowest BCUT2D eigenvalue weighted by atomic mass is 10.1. The molecule has 128 valence electrons. The lowest BCUT2D eigenvalue weighted by Gasteiger charge is -2.33. The number of pyridine rings is 1. The molecular weight excluding hydrogens is 336 g/mol. The minimum Gasteiger partial charge on any atom is -0.339 e. The number of benzene rings is 1. The number of nitrogens with zero attached hydrogens (tertiary/aromatic N) is 3. The van der Waals surface area contributed by atoms with Crippen LogP contribution in [0.3, 0.4) is 0 Å². The lowest BCUT2D eigenvalue weighted by molar-refractivity contribution is 0.0938. The maximum atomic E-state index is 11.9. The molecule has 1 aliphatic heterocycles. The number of anilines is 1. The summed E-state index contributed by atoms with van der Waals surface area (Å²) >= 11 is 4.44. The minimum absolute atomic E-state index is 0.181. The van der Waals surface area contributed by atoms with Gasteiger partial charge in [-0.25, -0.2) is 4.98 Å². The van der Waals surface area contributed by atoms with Gasteiger partial charge in [-0.1, -0.05) is 18.2 Å². The number of rotatable bonds is 5. The second-order valence-corrected chi connectivity index (χ2v) is 6.29. The van der Waals surface area contributed by atoms with E-state index in [1.165, 1.54) is 11.9 Å². The van der Waals surface area contributed by atoms with Crippen LogP contribution in [0.25, 0.3) is 10.9 Å². The van der Waals surface area contributed by atoms with E-state index in [4.69, 9.17) is 0 Å². The van der Waals surface area contributed by atoms with Gasteiger partial charge in [0, 0.05) is 31.2 Å². The first-order chi connectivity index (χ1) is 12.2. The van der Waals surface area contributed by atoms with Gasteiger partial charge in [0.1, 0.15) is 11.2 Å². The van der Waals surface area contributed by atoms with Crippen LogP contribution in [0.5, 0.6) is 0 Å². The van der Waals surface area contributed by atoms with Crippen molar-refractivity contribution in [3.8, 4) is 0 Å². The van der Waals surface area contributed by atoms with E-state index in [2.05, 4.69) is 44.3 Å². The van der Waals surface area contributed by atoms with Gasteiger partial charge in [0.25, 0.3) is 5.91 Å². The van der Waals surface area contributed by atoms with Crippen molar-refractivity contribution < 1.29 is 4.79 Å². The zero-order valence-electron chi connectivity index (χ0n) is 13.4. The molecule has 3 N–H and O–H groups in total. The Labute approximate surface area is 150 Å². The van der Waals surface area contributed by atoms with Gasteiger partial charge in [0.05, 0.1) is 11.8 Å². The summed E-state index contributed by atoms with van der Waals surface area (Å²) in [6.45, 7) is 2.15. The van der Waals surface area contributed by atoms with Crippen molar-refractivity contribution in [3.63, 3.8) is 0 Å². The molecule has 4 rings (SSSR count). The van der Waals surface area contributed by atoms with E-state index in [1.807, 2.05) is 35.4 Å². The van der Waals surface area contributed by atoms with Gasteiger partial charge in [-0.05, 0) is 17.7 Å². The molecule has 3 heterocycles. The highest BCUT2D eigenvalue weighted by atomic mass is 32.1. The van der Waals surface area contributed by atoms with Gasteiger partial charge in [0.15, 0.2) is 5.82 Å². The van der Waals surface area contributed by atoms with Crippen molar-refractivity contribution in [1.29, 1.82) is 0 Å². The average molecular weight is 354 g/mol. The number of amides is 1. The van der Waals surface area contributed by atoms with Gasteiger partial charge < -0.3 is 20.5 Å². The molecule has 1 atom stereocenters. The summed E-state index contributed by atoms with van der Waals surface area (Å²) < 4.78 is 0. The number of H-pyrrole nitrogens is 1. The molecule has 1 aliphatic rings. The van der Waals surface area contributed by atoms with E-state index in [0.717, 1.165) is 24.0 Å². The zero-order valence-corrected chi connectivity index (χ0v) is 14.3. The number of aromatic nitrogens is 3. The molecule has 1 amide bonds. The number of fused-ring (bicyclic) bond motifs is 2. The van der Waals surface area contributed by atoms with Crippen LogP contribution < -0.4 is 15.5 Å². The van der Waals surface area contributed by atoms with Crippen LogP contribution in [0.4, 0.5) is 5.82 Å². The molecular formula is C17H18N6OS. The van der Waals surface area contributed by atoms with Gasteiger partial charge in [-0.15, -0.1) is 12.6 Å². The Morgan fingerprint density at radius 2 is 2.12 bits per heavy atom. The minimum atomic E-state index is -0.383. The highest BCUT2D eigenvalue weighted by molar-refractivity contribution is 7.81. The summed E-state index contributed by atoms with van der Waals surface area (Å²) in [6.07, 6.45) is 3.36. The average Bonchev–Trinajstić information content (AvgIpc) is 3.11. The third kappa shape index (κ3) is 3.06. The smallest absolute Gasteiger partial charge is 0.273 e. The number of carbonyl (C=O) groups excluding carboxylic acids is 1. The number of carbonyl (C=O) groups is 1. The molecule has 0 radical (unpaired) electrons. The predicted octanol–water partition coefficient (Wildman–Crippen LogP) is 1.51. The Bertz CT molecular complexity index is 906. The van der Waals surface area contributed by atoms with Crippen LogP contribution in [0.2, 0.25) is 0 Å². The maximum Gasteiger partial charge on any atom is 0.273 e. The van der Waals surface area contributed by atoms with E-state index in [9.17, 15) is 4.79 Å². The number of hydrogen-bond donors (Lipinski definition) is 4. The van der Waals surface area contributed by atoms with E-state index in [1.54, 1.807) is 0 Å². The van der Waals surface area contributed by atoms with Crippen LogP contribution in [0.1, 0.15) is 16.1 Å². The SMILES string of the molecule is O=C1NC(S)N(CCNCc2ccnc3ccccc23)c2nc[nH]c21. The van der Waals surface area contributed by atoms with E-state index in [-0.39, 0.29) is 11.4 Å². The number of para-hydroxylation sites is 1. The number of aromatic amines is 1. The number of thiol groups is 1. The fraction of sp³-hybridized carbons (Fsp3) is 0.235. The van der Waals surface area contributed by atoms with Crippen LogP contribution >= 0.6 is 12.6 Å². The Morgan fingerprint density at radius 1 is 1.24 bits per heavy atom. The highest BCUT2D eigenvalue weighted by Crippen LogP contribution is 2.23. The third-order valence-electron chi connectivity index (χ3n) is 4.26. The molecule has 8 heteroatoms. The molecule has 2 aromatic heterocycles. The van der Waals surface area contributed by atoms with Gasteiger partial charge in [-0.3, -0.25) is 9.78 Å². The van der Waals surface area contributed by atoms with Crippen LogP contribution in [-0.2, 0) is 6.54 Å². The van der Waals surface area contributed by atoms with Crippen LogP contribution in [-0.4, -0.2) is 39.4 Å². The summed E-state index contributed by atoms with van der Waals surface area (Å²) in [5, 5.41) is 7.40. The molecule has 0 aliphatic carbocycles.